The molecule has 4 saturated carbocycles. The van der Waals surface area contributed by atoms with Crippen molar-refractivity contribution < 1.29 is 65.3 Å². The molecular weight excluding hydrogens is 736 g/mol. The Bertz CT molecular complexity index is 1540. The van der Waals surface area contributed by atoms with Crippen molar-refractivity contribution in [1.29, 1.82) is 0 Å². The van der Waals surface area contributed by atoms with Gasteiger partial charge in [-0.15, -0.1) is 0 Å². The summed E-state index contributed by atoms with van der Waals surface area (Å²) in [5.41, 5.74) is 0.0855. The molecule has 0 bridgehead atoms. The molecule has 20 atom stereocenters. The minimum atomic E-state index is -1.70. The third-order valence-corrected chi connectivity index (χ3v) is 17.9. The first-order chi connectivity index (χ1) is 26.7. The lowest BCUT2D eigenvalue weighted by Crippen LogP contribution is -2.66. The van der Waals surface area contributed by atoms with Crippen molar-refractivity contribution in [2.45, 2.75) is 173 Å². The molecule has 0 aromatic carbocycles. The summed E-state index contributed by atoms with van der Waals surface area (Å²) >= 11 is 0. The molecule has 0 aromatic heterocycles. The van der Waals surface area contributed by atoms with Crippen LogP contribution in [0.15, 0.2) is 23.3 Å². The molecule has 13 heteroatoms. The summed E-state index contributed by atoms with van der Waals surface area (Å²) in [4.78, 5) is 0. The summed E-state index contributed by atoms with van der Waals surface area (Å²) in [5.74, 6) is -0.222. The Kier molecular flexibility index (Phi) is 11.9. The van der Waals surface area contributed by atoms with Crippen LogP contribution in [0.1, 0.15) is 106 Å². The van der Waals surface area contributed by atoms with Gasteiger partial charge >= 0.3 is 0 Å². The molecule has 1 heterocycles. The second kappa shape index (κ2) is 15.4. The highest BCUT2D eigenvalue weighted by Gasteiger charge is 2.69. The maximum Gasteiger partial charge on any atom is 0.187 e. The topological polar surface area (TPSA) is 230 Å². The van der Waals surface area contributed by atoms with Crippen LogP contribution in [0.25, 0.3) is 0 Å². The third kappa shape index (κ3) is 6.50. The first kappa shape index (κ1) is 44.0. The number of hydrogen-bond donors (Lipinski definition) is 10. The fourth-order valence-corrected chi connectivity index (χ4v) is 13.9. The lowest BCUT2D eigenvalue weighted by Gasteiger charge is -2.70. The number of aliphatic hydroxyl groups is 10. The second-order valence-corrected chi connectivity index (χ2v) is 20.9. The predicted molar refractivity (Wildman–Crippen MR) is 208 cm³/mol. The third-order valence-electron chi connectivity index (χ3n) is 17.9. The molecule has 1 saturated heterocycles. The molecule has 326 valence electrons. The van der Waals surface area contributed by atoms with Crippen molar-refractivity contribution >= 4 is 0 Å². The van der Waals surface area contributed by atoms with E-state index in [1.165, 1.54) is 5.57 Å². The maximum atomic E-state index is 12.1. The Hall–Kier alpha value is -1.04. The molecular formula is C44H72O13. The van der Waals surface area contributed by atoms with Crippen LogP contribution in [0, 0.1) is 50.2 Å². The molecule has 6 aliphatic carbocycles. The molecule has 0 amide bonds. The highest BCUT2D eigenvalue weighted by Crippen LogP contribution is 2.74. The van der Waals surface area contributed by atoms with E-state index in [0.29, 0.717) is 32.1 Å². The Labute approximate surface area is 337 Å². The number of allylic oxidation sites excluding steroid dienone is 3. The summed E-state index contributed by atoms with van der Waals surface area (Å²) in [6.07, 6.45) is -1.83. The van der Waals surface area contributed by atoms with E-state index in [1.807, 2.05) is 6.92 Å². The van der Waals surface area contributed by atoms with Gasteiger partial charge in [-0.1, -0.05) is 59.3 Å². The molecule has 13 nitrogen and oxygen atoms in total. The van der Waals surface area contributed by atoms with Gasteiger partial charge in [0, 0.05) is 22.9 Å². The van der Waals surface area contributed by atoms with Crippen LogP contribution in [0.5, 0.6) is 0 Å². The van der Waals surface area contributed by atoms with Crippen LogP contribution in [0.2, 0.25) is 0 Å². The lowest BCUT2D eigenvalue weighted by atomic mass is 9.35. The predicted octanol–water partition coefficient (Wildman–Crippen LogP) is 1.71. The highest BCUT2D eigenvalue weighted by molar-refractivity contribution is 5.47. The molecule has 7 aliphatic rings. The molecule has 7 rings (SSSR count). The van der Waals surface area contributed by atoms with Gasteiger partial charge in [-0.25, -0.2) is 0 Å². The zero-order valence-corrected chi connectivity index (χ0v) is 34.8. The van der Waals surface area contributed by atoms with Gasteiger partial charge < -0.3 is 65.3 Å². The van der Waals surface area contributed by atoms with E-state index < -0.39 is 90.7 Å². The largest absolute Gasteiger partial charge is 0.396 e. The van der Waals surface area contributed by atoms with E-state index in [-0.39, 0.29) is 53.3 Å². The lowest BCUT2D eigenvalue weighted by molar-refractivity contribution is -0.335. The molecule has 3 unspecified atom stereocenters. The Balaban J connectivity index is 1.15. The van der Waals surface area contributed by atoms with Crippen LogP contribution in [0.3, 0.4) is 0 Å². The smallest absolute Gasteiger partial charge is 0.187 e. The molecule has 10 N–H and O–H groups in total. The van der Waals surface area contributed by atoms with Crippen molar-refractivity contribution in [1.82, 2.24) is 0 Å². The van der Waals surface area contributed by atoms with Crippen LogP contribution in [-0.2, 0) is 14.2 Å². The van der Waals surface area contributed by atoms with Crippen LogP contribution < -0.4 is 0 Å². The summed E-state index contributed by atoms with van der Waals surface area (Å²) < 4.78 is 18.4. The van der Waals surface area contributed by atoms with E-state index in [0.717, 1.165) is 37.7 Å². The van der Waals surface area contributed by atoms with Crippen LogP contribution in [0.4, 0.5) is 0 Å². The zero-order valence-electron chi connectivity index (χ0n) is 34.8. The molecule has 0 spiro atoms. The summed E-state index contributed by atoms with van der Waals surface area (Å²) in [7, 11) is 0. The first-order valence-corrected chi connectivity index (χ1v) is 21.6. The van der Waals surface area contributed by atoms with E-state index in [1.54, 1.807) is 0 Å². The van der Waals surface area contributed by atoms with Crippen LogP contribution >= 0.6 is 0 Å². The van der Waals surface area contributed by atoms with Crippen molar-refractivity contribution in [3.05, 3.63) is 23.3 Å². The fourth-order valence-electron chi connectivity index (χ4n) is 13.9. The van der Waals surface area contributed by atoms with Crippen molar-refractivity contribution in [3.63, 3.8) is 0 Å². The van der Waals surface area contributed by atoms with E-state index >= 15 is 0 Å². The Morgan fingerprint density at radius 3 is 2.16 bits per heavy atom. The van der Waals surface area contributed by atoms with Gasteiger partial charge in [-0.05, 0) is 104 Å². The highest BCUT2D eigenvalue weighted by atomic mass is 16.7. The van der Waals surface area contributed by atoms with Crippen molar-refractivity contribution in [2.24, 2.45) is 50.2 Å². The maximum absolute atomic E-state index is 12.1. The standard InChI is InChI=1S/C44H72O13/c1-23-17-26(34(52)37(32(23)50)57-38-36(54)35(53)33(51)27(20-46)56-38)55-31-10-11-40(3)28(41(31,4)21-47)9-12-42(5)29(40)8-7-24-25-18-39(2,15-16-45)13-14-44(25,22-48)30(49)19-43(24,42)6/h7-8,23,26-38,45-54H,9-22H2,1-6H3/t23-,26+,27+,28?,29?,30+,31-,32-,33+,34-,35-,36+,37-,38-,39-,40-,41-,42+,43+,44?/m0/s1. The first-order valence-electron chi connectivity index (χ1n) is 21.6. The number of hydrogen-bond acceptors (Lipinski definition) is 13. The van der Waals surface area contributed by atoms with Gasteiger partial charge in [0.25, 0.3) is 0 Å². The van der Waals surface area contributed by atoms with Crippen molar-refractivity contribution in [3.8, 4) is 0 Å². The van der Waals surface area contributed by atoms with Gasteiger partial charge in [0.05, 0.1) is 44.2 Å². The second-order valence-electron chi connectivity index (χ2n) is 20.9. The summed E-state index contributed by atoms with van der Waals surface area (Å²) in [5, 5.41) is 108. The van der Waals surface area contributed by atoms with Crippen molar-refractivity contribution in [2.75, 3.05) is 26.4 Å². The molecule has 5 fully saturated rings. The minimum Gasteiger partial charge on any atom is -0.396 e. The average molecular weight is 809 g/mol. The summed E-state index contributed by atoms with van der Waals surface area (Å²) in [6, 6.07) is 0. The normalized spacial score (nSPS) is 55.1. The SMILES string of the molecule is C[C@H]1C[C@@H](O[C@H]2CC[C@@]3(C)C(CC[C@]4(C)C3C=CC3=C5C[C@](C)(CCO)CCC5(CO)[C@H](O)C[C@]34C)[C@]2(C)CO)[C@H](O)[C@@H](O[C@@H]2O[C@H](CO)[C@@H](O)[C@H](O)[C@H]2O)[C@H]1O. The number of aliphatic hydroxyl groups excluding tert-OH is 10. The van der Waals surface area contributed by atoms with E-state index in [9.17, 15) is 51.1 Å². The van der Waals surface area contributed by atoms with Gasteiger partial charge in [-0.3, -0.25) is 0 Å². The molecule has 0 aromatic rings. The summed E-state index contributed by atoms with van der Waals surface area (Å²) in [6.45, 7) is 12.4. The number of ether oxygens (including phenoxy) is 3. The fraction of sp³-hybridized carbons (Fsp3) is 0.909. The number of fused-ring (bicyclic) bond motifs is 6. The van der Waals surface area contributed by atoms with E-state index in [2.05, 4.69) is 46.8 Å². The monoisotopic (exact) mass is 808 g/mol. The molecule has 0 radical (unpaired) electrons. The average Bonchev–Trinajstić information content (AvgIpc) is 3.17. The van der Waals surface area contributed by atoms with Gasteiger partial charge in [0.15, 0.2) is 6.29 Å². The van der Waals surface area contributed by atoms with Crippen LogP contribution in [-0.4, -0.2) is 145 Å². The molecule has 1 aliphatic heterocycles. The zero-order chi connectivity index (χ0) is 41.7. The number of rotatable bonds is 9. The quantitative estimate of drug-likeness (QED) is 0.160. The Morgan fingerprint density at radius 1 is 0.789 bits per heavy atom. The van der Waals surface area contributed by atoms with Gasteiger partial charge in [0.2, 0.25) is 0 Å². The van der Waals surface area contributed by atoms with E-state index in [4.69, 9.17) is 14.2 Å². The van der Waals surface area contributed by atoms with Gasteiger partial charge in [0.1, 0.15) is 36.6 Å². The van der Waals surface area contributed by atoms with Gasteiger partial charge in [-0.2, -0.15) is 0 Å². The Morgan fingerprint density at radius 2 is 1.51 bits per heavy atom. The minimum absolute atomic E-state index is 0.0479. The molecule has 57 heavy (non-hydrogen) atoms.